The Labute approximate surface area is 120 Å². The van der Waals surface area contributed by atoms with Gasteiger partial charge in [0.1, 0.15) is 5.69 Å². The molecule has 0 bridgehead atoms. The van der Waals surface area contributed by atoms with Gasteiger partial charge in [-0.25, -0.2) is 9.78 Å². The summed E-state index contributed by atoms with van der Waals surface area (Å²) in [5.41, 5.74) is 1.14. The molecule has 6 heteroatoms. The Balaban J connectivity index is 2.01. The van der Waals surface area contributed by atoms with E-state index in [4.69, 9.17) is 16.7 Å². The number of aromatic carboxylic acids is 1. The van der Waals surface area contributed by atoms with E-state index in [9.17, 15) is 9.59 Å². The lowest BCUT2D eigenvalue weighted by molar-refractivity contribution is 0.0696. The highest BCUT2D eigenvalue weighted by atomic mass is 35.5. The van der Waals surface area contributed by atoms with Crippen LogP contribution in [0, 0.1) is 0 Å². The number of carboxylic acids is 1. The molecule has 20 heavy (non-hydrogen) atoms. The van der Waals surface area contributed by atoms with Crippen LogP contribution >= 0.6 is 11.6 Å². The second-order valence-electron chi connectivity index (χ2n) is 4.05. The van der Waals surface area contributed by atoms with Crippen LogP contribution in [0.5, 0.6) is 0 Å². The van der Waals surface area contributed by atoms with Crippen LogP contribution in [0.3, 0.4) is 0 Å². The first-order valence-electron chi connectivity index (χ1n) is 5.78. The van der Waals surface area contributed by atoms with Gasteiger partial charge >= 0.3 is 5.97 Å². The summed E-state index contributed by atoms with van der Waals surface area (Å²) >= 11 is 5.69. The number of benzene rings is 1. The molecule has 0 unspecified atom stereocenters. The summed E-state index contributed by atoms with van der Waals surface area (Å²) in [7, 11) is 0. The van der Waals surface area contributed by atoms with E-state index in [1.807, 2.05) is 0 Å². The summed E-state index contributed by atoms with van der Waals surface area (Å²) in [6.45, 7) is 0.226. The quantitative estimate of drug-likeness (QED) is 0.906. The largest absolute Gasteiger partial charge is 0.478 e. The van der Waals surface area contributed by atoms with Crippen molar-refractivity contribution in [3.63, 3.8) is 0 Å². The van der Waals surface area contributed by atoms with Crippen LogP contribution in [0.4, 0.5) is 0 Å². The molecular weight excluding hydrogens is 280 g/mol. The minimum absolute atomic E-state index is 0.182. The maximum atomic E-state index is 11.8. The number of nitrogens with one attached hydrogen (secondary N) is 1. The van der Waals surface area contributed by atoms with Gasteiger partial charge < -0.3 is 10.4 Å². The topological polar surface area (TPSA) is 79.3 Å². The standard InChI is InChI=1S/C14H11ClN2O3/c15-11-4-5-12(16-8-11)13(18)17-7-9-2-1-3-10(6-9)14(19)20/h1-6,8H,7H2,(H,17,18)(H,19,20). The average Bonchev–Trinajstić information content (AvgIpc) is 2.46. The van der Waals surface area contributed by atoms with Crippen LogP contribution in [0.1, 0.15) is 26.4 Å². The summed E-state index contributed by atoms with van der Waals surface area (Å²) in [5, 5.41) is 12.0. The summed E-state index contributed by atoms with van der Waals surface area (Å²) < 4.78 is 0. The molecule has 0 saturated heterocycles. The fourth-order valence-electron chi connectivity index (χ4n) is 1.60. The number of carbonyl (C=O) groups is 2. The van der Waals surface area contributed by atoms with Gasteiger partial charge in [0.2, 0.25) is 0 Å². The number of halogens is 1. The van der Waals surface area contributed by atoms with Gasteiger partial charge in [-0.15, -0.1) is 0 Å². The molecule has 2 rings (SSSR count). The molecule has 0 aliphatic rings. The molecule has 0 fully saturated rings. The number of carbonyl (C=O) groups excluding carboxylic acids is 1. The molecule has 2 aromatic rings. The minimum Gasteiger partial charge on any atom is -0.478 e. The number of rotatable bonds is 4. The van der Waals surface area contributed by atoms with Crippen molar-refractivity contribution >= 4 is 23.5 Å². The van der Waals surface area contributed by atoms with E-state index >= 15 is 0 Å². The lowest BCUT2D eigenvalue weighted by Gasteiger charge is -2.05. The summed E-state index contributed by atoms with van der Waals surface area (Å²) in [6.07, 6.45) is 1.39. The molecule has 5 nitrogen and oxygen atoms in total. The highest BCUT2D eigenvalue weighted by Gasteiger charge is 2.08. The Morgan fingerprint density at radius 1 is 1.25 bits per heavy atom. The average molecular weight is 291 g/mol. The molecule has 0 atom stereocenters. The van der Waals surface area contributed by atoms with Crippen molar-refractivity contribution in [3.05, 3.63) is 64.4 Å². The highest BCUT2D eigenvalue weighted by Crippen LogP contribution is 2.07. The fourth-order valence-corrected chi connectivity index (χ4v) is 1.71. The molecule has 1 amide bonds. The Morgan fingerprint density at radius 3 is 2.70 bits per heavy atom. The maximum Gasteiger partial charge on any atom is 0.335 e. The zero-order valence-electron chi connectivity index (χ0n) is 10.3. The van der Waals surface area contributed by atoms with Crippen LogP contribution in [0.25, 0.3) is 0 Å². The van der Waals surface area contributed by atoms with Crippen LogP contribution in [-0.2, 0) is 6.54 Å². The third-order valence-electron chi connectivity index (χ3n) is 2.59. The molecular formula is C14H11ClN2O3. The number of hydrogen-bond acceptors (Lipinski definition) is 3. The lowest BCUT2D eigenvalue weighted by Crippen LogP contribution is -2.23. The van der Waals surface area contributed by atoms with E-state index in [0.717, 1.165) is 0 Å². The maximum absolute atomic E-state index is 11.8. The van der Waals surface area contributed by atoms with Gasteiger partial charge in [0.05, 0.1) is 10.6 Å². The van der Waals surface area contributed by atoms with Crippen LogP contribution in [-0.4, -0.2) is 22.0 Å². The number of nitrogens with zero attached hydrogens (tertiary/aromatic N) is 1. The predicted molar refractivity (Wildman–Crippen MR) is 73.8 cm³/mol. The molecule has 1 heterocycles. The van der Waals surface area contributed by atoms with Gasteiger partial charge in [0.15, 0.2) is 0 Å². The summed E-state index contributed by atoms with van der Waals surface area (Å²) in [6, 6.07) is 9.47. The third kappa shape index (κ3) is 3.55. The predicted octanol–water partition coefficient (Wildman–Crippen LogP) is 2.36. The Bertz CT molecular complexity index is 641. The van der Waals surface area contributed by atoms with Crippen molar-refractivity contribution in [2.45, 2.75) is 6.54 Å². The van der Waals surface area contributed by atoms with Crippen molar-refractivity contribution in [1.29, 1.82) is 0 Å². The molecule has 1 aromatic carbocycles. The van der Waals surface area contributed by atoms with Gasteiger partial charge in [-0.3, -0.25) is 4.79 Å². The number of carboxylic acid groups (broad SMARTS) is 1. The monoisotopic (exact) mass is 290 g/mol. The molecule has 0 spiro atoms. The molecule has 0 aliphatic carbocycles. The first-order chi connectivity index (χ1) is 9.56. The Morgan fingerprint density at radius 2 is 2.05 bits per heavy atom. The molecule has 2 N–H and O–H groups in total. The molecule has 102 valence electrons. The van der Waals surface area contributed by atoms with Gasteiger partial charge in [0.25, 0.3) is 5.91 Å². The number of hydrogen-bond donors (Lipinski definition) is 2. The van der Waals surface area contributed by atoms with E-state index in [1.54, 1.807) is 18.2 Å². The van der Waals surface area contributed by atoms with Crippen LogP contribution < -0.4 is 5.32 Å². The van der Waals surface area contributed by atoms with E-state index in [2.05, 4.69) is 10.3 Å². The zero-order valence-corrected chi connectivity index (χ0v) is 11.1. The van der Waals surface area contributed by atoms with E-state index in [-0.39, 0.29) is 23.7 Å². The van der Waals surface area contributed by atoms with Gasteiger partial charge in [-0.2, -0.15) is 0 Å². The second-order valence-corrected chi connectivity index (χ2v) is 4.49. The number of pyridine rings is 1. The smallest absolute Gasteiger partial charge is 0.335 e. The van der Waals surface area contributed by atoms with Crippen LogP contribution in [0.15, 0.2) is 42.6 Å². The molecule has 0 saturated carbocycles. The van der Waals surface area contributed by atoms with E-state index < -0.39 is 5.97 Å². The Kier molecular flexibility index (Phi) is 4.32. The normalized spacial score (nSPS) is 10.1. The second kappa shape index (κ2) is 6.16. The van der Waals surface area contributed by atoms with E-state index in [1.165, 1.54) is 24.4 Å². The zero-order chi connectivity index (χ0) is 14.5. The number of amides is 1. The Hall–Kier alpha value is -2.40. The summed E-state index contributed by atoms with van der Waals surface area (Å²) in [4.78, 5) is 26.5. The van der Waals surface area contributed by atoms with Crippen molar-refractivity contribution in [3.8, 4) is 0 Å². The van der Waals surface area contributed by atoms with Crippen molar-refractivity contribution in [2.24, 2.45) is 0 Å². The molecule has 0 aliphatic heterocycles. The third-order valence-corrected chi connectivity index (χ3v) is 2.81. The SMILES string of the molecule is O=C(O)c1cccc(CNC(=O)c2ccc(Cl)cn2)c1. The van der Waals surface area contributed by atoms with Crippen LogP contribution in [0.2, 0.25) is 5.02 Å². The minimum atomic E-state index is -1.00. The molecule has 1 aromatic heterocycles. The first-order valence-corrected chi connectivity index (χ1v) is 6.16. The number of aromatic nitrogens is 1. The molecule has 0 radical (unpaired) electrons. The first kappa shape index (κ1) is 14.0. The van der Waals surface area contributed by atoms with Crippen molar-refractivity contribution < 1.29 is 14.7 Å². The van der Waals surface area contributed by atoms with Gasteiger partial charge in [-0.05, 0) is 29.8 Å². The van der Waals surface area contributed by atoms with E-state index in [0.29, 0.717) is 10.6 Å². The van der Waals surface area contributed by atoms with Gasteiger partial charge in [-0.1, -0.05) is 23.7 Å². The fraction of sp³-hybridized carbons (Fsp3) is 0.0714. The highest BCUT2D eigenvalue weighted by molar-refractivity contribution is 6.30. The lowest BCUT2D eigenvalue weighted by atomic mass is 10.1. The van der Waals surface area contributed by atoms with Crippen molar-refractivity contribution in [2.75, 3.05) is 0 Å². The van der Waals surface area contributed by atoms with Gasteiger partial charge in [0, 0.05) is 12.7 Å². The summed E-state index contributed by atoms with van der Waals surface area (Å²) in [5.74, 6) is -1.35. The van der Waals surface area contributed by atoms with Crippen molar-refractivity contribution in [1.82, 2.24) is 10.3 Å².